The van der Waals surface area contributed by atoms with Gasteiger partial charge in [0.25, 0.3) is 5.91 Å². The molecule has 1 amide bonds. The lowest BCUT2D eigenvalue weighted by molar-refractivity contribution is 0.0937. The zero-order valence-electron chi connectivity index (χ0n) is 13.9. The van der Waals surface area contributed by atoms with Gasteiger partial charge in [0.2, 0.25) is 0 Å². The average molecular weight is 350 g/mol. The summed E-state index contributed by atoms with van der Waals surface area (Å²) in [5, 5.41) is 4.86. The first kappa shape index (κ1) is 15.8. The summed E-state index contributed by atoms with van der Waals surface area (Å²) in [6, 6.07) is 13.9. The Labute approximate surface area is 150 Å². The number of carbonyl (C=O) groups excluding carboxylic acids is 1. The summed E-state index contributed by atoms with van der Waals surface area (Å²) in [7, 11) is 0. The van der Waals surface area contributed by atoms with Gasteiger partial charge in [-0.1, -0.05) is 24.3 Å². The molecule has 4 rings (SSSR count). The highest BCUT2D eigenvalue weighted by atomic mass is 32.1. The number of nitrogens with zero attached hydrogens (tertiary/aromatic N) is 1. The third-order valence-corrected chi connectivity index (χ3v) is 5.20. The first-order chi connectivity index (χ1) is 12.2. The van der Waals surface area contributed by atoms with Crippen LogP contribution in [0.15, 0.2) is 54.0 Å². The molecule has 1 aliphatic heterocycles. The SMILES string of the molecule is Cc1cccnc1-c1cccc2c1OC(CNC(=O)c1cccs1)C2. The minimum absolute atomic E-state index is 0.0460. The minimum atomic E-state index is -0.0518. The molecule has 5 heteroatoms. The van der Waals surface area contributed by atoms with E-state index in [0.717, 1.165) is 39.4 Å². The zero-order chi connectivity index (χ0) is 17.2. The van der Waals surface area contributed by atoms with Crippen molar-refractivity contribution in [1.29, 1.82) is 0 Å². The van der Waals surface area contributed by atoms with Gasteiger partial charge >= 0.3 is 0 Å². The van der Waals surface area contributed by atoms with Crippen LogP contribution in [0.3, 0.4) is 0 Å². The Balaban J connectivity index is 1.50. The number of nitrogens with one attached hydrogen (secondary N) is 1. The lowest BCUT2D eigenvalue weighted by atomic mass is 10.0. The average Bonchev–Trinajstić information content (AvgIpc) is 3.29. The van der Waals surface area contributed by atoms with E-state index in [0.29, 0.717) is 6.54 Å². The smallest absolute Gasteiger partial charge is 0.261 e. The number of pyridine rings is 1. The van der Waals surface area contributed by atoms with Crippen molar-refractivity contribution >= 4 is 17.2 Å². The molecule has 3 aromatic rings. The topological polar surface area (TPSA) is 51.2 Å². The van der Waals surface area contributed by atoms with E-state index >= 15 is 0 Å². The van der Waals surface area contributed by atoms with Crippen LogP contribution in [-0.2, 0) is 6.42 Å². The Kier molecular flexibility index (Phi) is 4.24. The lowest BCUT2D eigenvalue weighted by Crippen LogP contribution is -2.34. The number of carbonyl (C=O) groups is 1. The second-order valence-corrected chi connectivity index (χ2v) is 7.04. The summed E-state index contributed by atoms with van der Waals surface area (Å²) in [6.45, 7) is 2.54. The Morgan fingerprint density at radius 3 is 3.00 bits per heavy atom. The molecule has 0 aliphatic carbocycles. The molecule has 1 aromatic carbocycles. The molecular weight excluding hydrogens is 332 g/mol. The van der Waals surface area contributed by atoms with Gasteiger partial charge in [0.15, 0.2) is 0 Å². The predicted molar refractivity (Wildman–Crippen MR) is 99.2 cm³/mol. The first-order valence-corrected chi connectivity index (χ1v) is 9.12. The van der Waals surface area contributed by atoms with E-state index in [9.17, 15) is 4.79 Å². The largest absolute Gasteiger partial charge is 0.487 e. The monoisotopic (exact) mass is 350 g/mol. The van der Waals surface area contributed by atoms with Gasteiger partial charge in [-0.3, -0.25) is 9.78 Å². The molecule has 1 aliphatic rings. The van der Waals surface area contributed by atoms with E-state index in [1.807, 2.05) is 35.7 Å². The van der Waals surface area contributed by atoms with Crippen LogP contribution in [0.1, 0.15) is 20.8 Å². The highest BCUT2D eigenvalue weighted by Crippen LogP contribution is 2.38. The molecule has 126 valence electrons. The molecule has 0 bridgehead atoms. The second kappa shape index (κ2) is 6.69. The van der Waals surface area contributed by atoms with Crippen molar-refractivity contribution in [3.8, 4) is 17.0 Å². The maximum absolute atomic E-state index is 12.1. The number of para-hydroxylation sites is 1. The minimum Gasteiger partial charge on any atom is -0.487 e. The summed E-state index contributed by atoms with van der Waals surface area (Å²) in [5.74, 6) is 0.843. The van der Waals surface area contributed by atoms with E-state index in [-0.39, 0.29) is 12.0 Å². The van der Waals surface area contributed by atoms with Crippen molar-refractivity contribution in [2.75, 3.05) is 6.54 Å². The first-order valence-electron chi connectivity index (χ1n) is 8.24. The molecule has 0 fully saturated rings. The number of aryl methyl sites for hydroxylation is 1. The van der Waals surface area contributed by atoms with E-state index < -0.39 is 0 Å². The molecule has 4 nitrogen and oxygen atoms in total. The Morgan fingerprint density at radius 1 is 1.28 bits per heavy atom. The maximum Gasteiger partial charge on any atom is 0.261 e. The standard InChI is InChI=1S/C20H18N2O2S/c1-13-5-3-9-21-18(13)16-7-2-6-14-11-15(24-19(14)16)12-22-20(23)17-8-4-10-25-17/h2-10,15H,11-12H2,1H3,(H,22,23). The van der Waals surface area contributed by atoms with Crippen LogP contribution in [0.2, 0.25) is 0 Å². The summed E-state index contributed by atoms with van der Waals surface area (Å²) in [4.78, 5) is 17.3. The fraction of sp³-hybridized carbons (Fsp3) is 0.200. The number of ether oxygens (including phenoxy) is 1. The fourth-order valence-corrected chi connectivity index (χ4v) is 3.75. The number of hydrogen-bond donors (Lipinski definition) is 1. The molecule has 0 saturated carbocycles. The van der Waals surface area contributed by atoms with Crippen molar-refractivity contribution in [2.24, 2.45) is 0 Å². The molecule has 0 spiro atoms. The molecule has 0 radical (unpaired) electrons. The van der Waals surface area contributed by atoms with E-state index in [1.54, 1.807) is 6.20 Å². The fourth-order valence-electron chi connectivity index (χ4n) is 3.11. The summed E-state index contributed by atoms with van der Waals surface area (Å²) < 4.78 is 6.16. The van der Waals surface area contributed by atoms with Crippen molar-refractivity contribution in [3.63, 3.8) is 0 Å². The van der Waals surface area contributed by atoms with Crippen LogP contribution in [0, 0.1) is 6.92 Å². The van der Waals surface area contributed by atoms with Crippen LogP contribution in [-0.4, -0.2) is 23.5 Å². The lowest BCUT2D eigenvalue weighted by Gasteiger charge is -2.13. The molecule has 3 heterocycles. The van der Waals surface area contributed by atoms with E-state index in [4.69, 9.17) is 4.74 Å². The molecule has 1 N–H and O–H groups in total. The van der Waals surface area contributed by atoms with Crippen LogP contribution >= 0.6 is 11.3 Å². The van der Waals surface area contributed by atoms with E-state index in [1.165, 1.54) is 11.3 Å². The van der Waals surface area contributed by atoms with Crippen molar-refractivity contribution in [3.05, 3.63) is 70.0 Å². The van der Waals surface area contributed by atoms with Gasteiger partial charge in [-0.2, -0.15) is 0 Å². The summed E-state index contributed by atoms with van der Waals surface area (Å²) >= 11 is 1.44. The summed E-state index contributed by atoms with van der Waals surface area (Å²) in [5.41, 5.74) is 4.25. The zero-order valence-corrected chi connectivity index (χ0v) is 14.7. The number of benzene rings is 1. The number of fused-ring (bicyclic) bond motifs is 1. The summed E-state index contributed by atoms with van der Waals surface area (Å²) in [6.07, 6.45) is 2.54. The third kappa shape index (κ3) is 3.15. The number of thiophene rings is 1. The van der Waals surface area contributed by atoms with Gasteiger partial charge in [-0.05, 0) is 41.6 Å². The molecule has 2 aromatic heterocycles. The Morgan fingerprint density at radius 2 is 2.20 bits per heavy atom. The molecule has 25 heavy (non-hydrogen) atoms. The van der Waals surface area contributed by atoms with Gasteiger partial charge < -0.3 is 10.1 Å². The van der Waals surface area contributed by atoms with Crippen LogP contribution in [0.5, 0.6) is 5.75 Å². The van der Waals surface area contributed by atoms with E-state index in [2.05, 4.69) is 29.4 Å². The quantitative estimate of drug-likeness (QED) is 0.777. The van der Waals surface area contributed by atoms with Gasteiger partial charge in [-0.15, -0.1) is 11.3 Å². The number of amides is 1. The van der Waals surface area contributed by atoms with Crippen molar-refractivity contribution in [2.45, 2.75) is 19.4 Å². The Hall–Kier alpha value is -2.66. The predicted octanol–water partition coefficient (Wildman–Crippen LogP) is 3.85. The number of aromatic nitrogens is 1. The number of hydrogen-bond acceptors (Lipinski definition) is 4. The molecule has 0 saturated heterocycles. The molecule has 1 atom stereocenters. The van der Waals surface area contributed by atoms with Gasteiger partial charge in [-0.25, -0.2) is 0 Å². The Bertz CT molecular complexity index is 906. The second-order valence-electron chi connectivity index (χ2n) is 6.09. The van der Waals surface area contributed by atoms with Gasteiger partial charge in [0, 0.05) is 18.2 Å². The van der Waals surface area contributed by atoms with Crippen LogP contribution < -0.4 is 10.1 Å². The number of rotatable bonds is 4. The molecular formula is C20H18N2O2S. The maximum atomic E-state index is 12.1. The normalized spacial score (nSPS) is 15.5. The third-order valence-electron chi connectivity index (χ3n) is 4.33. The van der Waals surface area contributed by atoms with Gasteiger partial charge in [0.05, 0.1) is 17.1 Å². The van der Waals surface area contributed by atoms with Crippen LogP contribution in [0.4, 0.5) is 0 Å². The van der Waals surface area contributed by atoms with Crippen LogP contribution in [0.25, 0.3) is 11.3 Å². The highest BCUT2D eigenvalue weighted by Gasteiger charge is 2.27. The molecule has 1 unspecified atom stereocenters. The van der Waals surface area contributed by atoms with Crippen molar-refractivity contribution in [1.82, 2.24) is 10.3 Å². The van der Waals surface area contributed by atoms with Gasteiger partial charge in [0.1, 0.15) is 11.9 Å². The highest BCUT2D eigenvalue weighted by molar-refractivity contribution is 7.12. The van der Waals surface area contributed by atoms with Crippen molar-refractivity contribution < 1.29 is 9.53 Å².